The number of Topliss-reactive ketones (excluding diaryl/α,β-unsaturated/α-hetero) is 1. The van der Waals surface area contributed by atoms with Gasteiger partial charge in [-0.15, -0.1) is 0 Å². The molecule has 0 spiro atoms. The zero-order chi connectivity index (χ0) is 14.4. The van der Waals surface area contributed by atoms with Crippen LogP contribution in [0.2, 0.25) is 0 Å². The SMILES string of the molecule is CCc1ccc(C(=O)CN(C)CCOCC2CC2)cc1. The van der Waals surface area contributed by atoms with Crippen molar-refractivity contribution < 1.29 is 9.53 Å². The minimum atomic E-state index is 0.178. The molecule has 0 radical (unpaired) electrons. The molecule has 0 atom stereocenters. The maximum atomic E-state index is 12.1. The van der Waals surface area contributed by atoms with E-state index in [1.54, 1.807) is 0 Å². The summed E-state index contributed by atoms with van der Waals surface area (Å²) in [6, 6.07) is 7.93. The van der Waals surface area contributed by atoms with Crippen molar-refractivity contribution in [2.24, 2.45) is 5.92 Å². The second-order valence-electron chi connectivity index (χ2n) is 5.73. The fraction of sp³-hybridized carbons (Fsp3) is 0.588. The highest BCUT2D eigenvalue weighted by molar-refractivity contribution is 5.97. The van der Waals surface area contributed by atoms with E-state index in [9.17, 15) is 4.79 Å². The monoisotopic (exact) mass is 275 g/mol. The predicted molar refractivity (Wildman–Crippen MR) is 81.2 cm³/mol. The van der Waals surface area contributed by atoms with Gasteiger partial charge in [0.1, 0.15) is 0 Å². The van der Waals surface area contributed by atoms with E-state index in [4.69, 9.17) is 4.74 Å². The van der Waals surface area contributed by atoms with Gasteiger partial charge in [0.25, 0.3) is 0 Å². The maximum absolute atomic E-state index is 12.1. The van der Waals surface area contributed by atoms with Crippen molar-refractivity contribution in [3.8, 4) is 0 Å². The van der Waals surface area contributed by atoms with Crippen LogP contribution in [-0.2, 0) is 11.2 Å². The molecule has 0 bridgehead atoms. The molecule has 0 amide bonds. The first-order valence-electron chi connectivity index (χ1n) is 7.57. The molecule has 0 N–H and O–H groups in total. The van der Waals surface area contributed by atoms with Crippen molar-refractivity contribution in [2.45, 2.75) is 26.2 Å². The predicted octanol–water partition coefficient (Wildman–Crippen LogP) is 2.79. The summed E-state index contributed by atoms with van der Waals surface area (Å²) in [5, 5.41) is 0. The topological polar surface area (TPSA) is 29.5 Å². The van der Waals surface area contributed by atoms with Crippen LogP contribution in [0.25, 0.3) is 0 Å². The van der Waals surface area contributed by atoms with E-state index < -0.39 is 0 Å². The van der Waals surface area contributed by atoms with E-state index in [0.717, 1.165) is 37.7 Å². The van der Waals surface area contributed by atoms with Crippen molar-refractivity contribution in [1.29, 1.82) is 0 Å². The third-order valence-corrected chi connectivity index (χ3v) is 3.77. The van der Waals surface area contributed by atoms with Gasteiger partial charge in [0.2, 0.25) is 0 Å². The number of nitrogens with zero attached hydrogens (tertiary/aromatic N) is 1. The number of ketones is 1. The zero-order valence-corrected chi connectivity index (χ0v) is 12.6. The quantitative estimate of drug-likeness (QED) is 0.513. The minimum absolute atomic E-state index is 0.178. The van der Waals surface area contributed by atoms with Crippen LogP contribution in [-0.4, -0.2) is 44.0 Å². The van der Waals surface area contributed by atoms with Crippen LogP contribution >= 0.6 is 0 Å². The largest absolute Gasteiger partial charge is 0.380 e. The van der Waals surface area contributed by atoms with Crippen LogP contribution in [0.5, 0.6) is 0 Å². The molecule has 1 aromatic rings. The first-order chi connectivity index (χ1) is 9.69. The lowest BCUT2D eigenvalue weighted by Crippen LogP contribution is -2.29. The van der Waals surface area contributed by atoms with Crippen molar-refractivity contribution in [2.75, 3.05) is 33.4 Å². The van der Waals surface area contributed by atoms with Crippen LogP contribution in [0.4, 0.5) is 0 Å². The number of hydrogen-bond acceptors (Lipinski definition) is 3. The Kier molecular flexibility index (Phi) is 5.74. The first kappa shape index (κ1) is 15.2. The number of carbonyl (C=O) groups excluding carboxylic acids is 1. The molecule has 1 aliphatic carbocycles. The molecule has 1 aromatic carbocycles. The molecule has 3 nitrogen and oxygen atoms in total. The summed E-state index contributed by atoms with van der Waals surface area (Å²) in [6.45, 7) is 4.99. The summed E-state index contributed by atoms with van der Waals surface area (Å²) >= 11 is 0. The maximum Gasteiger partial charge on any atom is 0.176 e. The van der Waals surface area contributed by atoms with Gasteiger partial charge in [0.15, 0.2) is 5.78 Å². The minimum Gasteiger partial charge on any atom is -0.380 e. The Morgan fingerprint density at radius 3 is 2.60 bits per heavy atom. The number of benzene rings is 1. The van der Waals surface area contributed by atoms with E-state index in [1.807, 2.05) is 36.2 Å². The average Bonchev–Trinajstić information content (AvgIpc) is 3.28. The van der Waals surface area contributed by atoms with Gasteiger partial charge in [-0.3, -0.25) is 9.69 Å². The molecule has 0 saturated heterocycles. The van der Waals surface area contributed by atoms with Gasteiger partial charge in [-0.05, 0) is 37.8 Å². The lowest BCUT2D eigenvalue weighted by atomic mass is 10.1. The number of ether oxygens (including phenoxy) is 1. The smallest absolute Gasteiger partial charge is 0.176 e. The summed E-state index contributed by atoms with van der Waals surface area (Å²) in [5.41, 5.74) is 2.07. The summed E-state index contributed by atoms with van der Waals surface area (Å²) < 4.78 is 5.59. The third kappa shape index (κ3) is 5.06. The molecule has 0 heterocycles. The van der Waals surface area contributed by atoms with Crippen LogP contribution in [0.3, 0.4) is 0 Å². The fourth-order valence-electron chi connectivity index (χ4n) is 2.10. The number of likely N-dealkylation sites (N-methyl/N-ethyl adjacent to an activating group) is 1. The molecule has 20 heavy (non-hydrogen) atoms. The Bertz CT molecular complexity index is 423. The van der Waals surface area contributed by atoms with E-state index in [0.29, 0.717) is 6.54 Å². The molecule has 0 unspecified atom stereocenters. The van der Waals surface area contributed by atoms with E-state index in [2.05, 4.69) is 6.92 Å². The van der Waals surface area contributed by atoms with Gasteiger partial charge in [-0.1, -0.05) is 31.2 Å². The first-order valence-corrected chi connectivity index (χ1v) is 7.57. The molecule has 1 aliphatic rings. The number of hydrogen-bond donors (Lipinski definition) is 0. The highest BCUT2D eigenvalue weighted by Gasteiger charge is 2.21. The lowest BCUT2D eigenvalue weighted by molar-refractivity contribution is 0.0861. The highest BCUT2D eigenvalue weighted by atomic mass is 16.5. The lowest BCUT2D eigenvalue weighted by Gasteiger charge is -2.15. The number of rotatable bonds is 9. The average molecular weight is 275 g/mol. The summed E-state index contributed by atoms with van der Waals surface area (Å²) in [7, 11) is 1.97. The summed E-state index contributed by atoms with van der Waals surface area (Å²) in [6.07, 6.45) is 3.65. The van der Waals surface area contributed by atoms with Gasteiger partial charge in [-0.2, -0.15) is 0 Å². The van der Waals surface area contributed by atoms with Crippen LogP contribution in [0.1, 0.15) is 35.7 Å². The Balaban J connectivity index is 1.68. The summed E-state index contributed by atoms with van der Waals surface area (Å²) in [4.78, 5) is 14.2. The Morgan fingerprint density at radius 2 is 2.00 bits per heavy atom. The zero-order valence-electron chi connectivity index (χ0n) is 12.6. The summed E-state index contributed by atoms with van der Waals surface area (Å²) in [5.74, 6) is 0.983. The van der Waals surface area contributed by atoms with Crippen LogP contribution < -0.4 is 0 Å². The van der Waals surface area contributed by atoms with Crippen LogP contribution in [0, 0.1) is 5.92 Å². The van der Waals surface area contributed by atoms with Crippen molar-refractivity contribution in [1.82, 2.24) is 4.90 Å². The molecular weight excluding hydrogens is 250 g/mol. The Hall–Kier alpha value is -1.19. The normalized spacial score (nSPS) is 14.8. The van der Waals surface area contributed by atoms with Gasteiger partial charge in [-0.25, -0.2) is 0 Å². The number of aryl methyl sites for hydroxylation is 1. The Morgan fingerprint density at radius 1 is 1.30 bits per heavy atom. The second kappa shape index (κ2) is 7.55. The Labute approximate surface area is 121 Å². The van der Waals surface area contributed by atoms with Crippen LogP contribution in [0.15, 0.2) is 24.3 Å². The fourth-order valence-corrected chi connectivity index (χ4v) is 2.10. The van der Waals surface area contributed by atoms with E-state index >= 15 is 0 Å². The van der Waals surface area contributed by atoms with E-state index in [1.165, 1.54) is 18.4 Å². The molecular formula is C17H25NO2. The standard InChI is InChI=1S/C17H25NO2/c1-3-14-6-8-16(9-7-14)17(19)12-18(2)10-11-20-13-15-4-5-15/h6-9,15H,3-5,10-13H2,1-2H3. The second-order valence-corrected chi connectivity index (χ2v) is 5.73. The van der Waals surface area contributed by atoms with Crippen molar-refractivity contribution in [3.63, 3.8) is 0 Å². The van der Waals surface area contributed by atoms with Gasteiger partial charge >= 0.3 is 0 Å². The molecule has 0 aromatic heterocycles. The van der Waals surface area contributed by atoms with Gasteiger partial charge in [0.05, 0.1) is 13.2 Å². The molecule has 0 aliphatic heterocycles. The molecule has 2 rings (SSSR count). The molecule has 110 valence electrons. The molecule has 3 heteroatoms. The highest BCUT2D eigenvalue weighted by Crippen LogP contribution is 2.28. The molecule has 1 saturated carbocycles. The van der Waals surface area contributed by atoms with E-state index in [-0.39, 0.29) is 5.78 Å². The van der Waals surface area contributed by atoms with Crippen molar-refractivity contribution >= 4 is 5.78 Å². The number of carbonyl (C=O) groups is 1. The third-order valence-electron chi connectivity index (χ3n) is 3.77. The molecule has 1 fully saturated rings. The van der Waals surface area contributed by atoms with Gasteiger partial charge in [0, 0.05) is 18.7 Å². The van der Waals surface area contributed by atoms with Gasteiger partial charge < -0.3 is 4.74 Å². The van der Waals surface area contributed by atoms with Crippen molar-refractivity contribution in [3.05, 3.63) is 35.4 Å².